The second-order valence-corrected chi connectivity index (χ2v) is 3.45. The monoisotopic (exact) mass is 201 g/mol. The third-order valence-corrected chi connectivity index (χ3v) is 2.58. The van der Waals surface area contributed by atoms with Gasteiger partial charge in [0.25, 0.3) is 0 Å². The minimum atomic E-state index is -0.957. The highest BCUT2D eigenvalue weighted by Gasteiger charge is 2.34. The van der Waals surface area contributed by atoms with Crippen molar-refractivity contribution in [3.63, 3.8) is 0 Å². The summed E-state index contributed by atoms with van der Waals surface area (Å²) in [6, 6.07) is -0.730. The van der Waals surface area contributed by atoms with E-state index >= 15 is 0 Å². The Morgan fingerprint density at radius 1 is 1.50 bits per heavy atom. The van der Waals surface area contributed by atoms with Crippen LogP contribution >= 0.6 is 0 Å². The zero-order valence-corrected chi connectivity index (χ0v) is 8.40. The Hall–Kier alpha value is -1.10. The molecule has 1 saturated heterocycles. The number of carbonyl (C=O) groups is 2. The minimum Gasteiger partial charge on any atom is -0.480 e. The van der Waals surface area contributed by atoms with Crippen molar-refractivity contribution < 1.29 is 19.4 Å². The maximum absolute atomic E-state index is 11.1. The van der Waals surface area contributed by atoms with Gasteiger partial charge < -0.3 is 14.7 Å². The number of nitrogens with zero attached hydrogens (tertiary/aromatic N) is 1. The normalized spacial score (nSPS) is 27.4. The number of carboxylic acids is 1. The first-order valence-electron chi connectivity index (χ1n) is 4.59. The molecule has 5 heteroatoms. The summed E-state index contributed by atoms with van der Waals surface area (Å²) in [7, 11) is 1.56. The van der Waals surface area contributed by atoms with E-state index in [1.165, 1.54) is 11.8 Å². The quantitative estimate of drug-likeness (QED) is 0.688. The van der Waals surface area contributed by atoms with E-state index < -0.39 is 12.0 Å². The van der Waals surface area contributed by atoms with E-state index in [1.807, 2.05) is 0 Å². The number of hydrogen-bond donors (Lipinski definition) is 1. The van der Waals surface area contributed by atoms with E-state index in [1.54, 1.807) is 7.11 Å². The maximum Gasteiger partial charge on any atom is 0.326 e. The van der Waals surface area contributed by atoms with Crippen molar-refractivity contribution in [2.45, 2.75) is 31.9 Å². The second kappa shape index (κ2) is 4.41. The average Bonchev–Trinajstić information content (AvgIpc) is 2.16. The van der Waals surface area contributed by atoms with Gasteiger partial charge in [-0.05, 0) is 6.42 Å². The molecule has 1 aliphatic rings. The van der Waals surface area contributed by atoms with Gasteiger partial charge in [-0.15, -0.1) is 0 Å². The molecule has 0 radical (unpaired) electrons. The summed E-state index contributed by atoms with van der Waals surface area (Å²) in [5.74, 6) is -1.14. The van der Waals surface area contributed by atoms with Crippen LogP contribution in [0.25, 0.3) is 0 Å². The number of ether oxygens (including phenoxy) is 1. The number of hydrogen-bond acceptors (Lipinski definition) is 3. The third-order valence-electron chi connectivity index (χ3n) is 2.58. The predicted octanol–water partition coefficient (Wildman–Crippen LogP) is 0.0969. The Morgan fingerprint density at radius 2 is 2.14 bits per heavy atom. The highest BCUT2D eigenvalue weighted by molar-refractivity contribution is 5.82. The van der Waals surface area contributed by atoms with Gasteiger partial charge in [0.05, 0.1) is 6.10 Å². The molecule has 0 aromatic rings. The Kier molecular flexibility index (Phi) is 3.46. The summed E-state index contributed by atoms with van der Waals surface area (Å²) in [5, 5.41) is 8.92. The van der Waals surface area contributed by atoms with Crippen molar-refractivity contribution in [1.29, 1.82) is 0 Å². The summed E-state index contributed by atoms with van der Waals surface area (Å²) in [4.78, 5) is 23.4. The van der Waals surface area contributed by atoms with E-state index in [-0.39, 0.29) is 12.0 Å². The number of methoxy groups -OCH3 is 1. The van der Waals surface area contributed by atoms with E-state index in [2.05, 4.69) is 0 Å². The number of aliphatic carboxylic acids is 1. The maximum atomic E-state index is 11.1. The fourth-order valence-electron chi connectivity index (χ4n) is 1.76. The molecule has 0 aromatic heterocycles. The third kappa shape index (κ3) is 2.23. The molecular formula is C9H15NO4. The molecule has 1 fully saturated rings. The van der Waals surface area contributed by atoms with Crippen LogP contribution in [0.1, 0.15) is 19.8 Å². The molecule has 1 N–H and O–H groups in total. The van der Waals surface area contributed by atoms with Crippen molar-refractivity contribution in [3.05, 3.63) is 0 Å². The molecule has 0 spiro atoms. The Labute approximate surface area is 82.6 Å². The van der Waals surface area contributed by atoms with Gasteiger partial charge in [0.1, 0.15) is 6.04 Å². The highest BCUT2D eigenvalue weighted by atomic mass is 16.5. The van der Waals surface area contributed by atoms with Gasteiger partial charge in [0, 0.05) is 27.0 Å². The Bertz CT molecular complexity index is 241. The topological polar surface area (TPSA) is 66.8 Å². The standard InChI is InChI=1S/C9H15NO4/c1-6(11)10-4-3-7(14-2)5-8(10)9(12)13/h7-8H,3-5H2,1-2H3,(H,12,13)/t7-,8+/m1/s1. The van der Waals surface area contributed by atoms with Crippen LogP contribution < -0.4 is 0 Å². The van der Waals surface area contributed by atoms with Gasteiger partial charge in [-0.3, -0.25) is 4.79 Å². The van der Waals surface area contributed by atoms with Crippen molar-refractivity contribution in [3.8, 4) is 0 Å². The van der Waals surface area contributed by atoms with Crippen LogP contribution in [-0.4, -0.2) is 47.7 Å². The zero-order valence-electron chi connectivity index (χ0n) is 8.40. The van der Waals surface area contributed by atoms with Crippen LogP contribution in [0.2, 0.25) is 0 Å². The number of rotatable bonds is 2. The molecule has 0 aliphatic carbocycles. The van der Waals surface area contributed by atoms with E-state index in [0.29, 0.717) is 19.4 Å². The molecule has 2 atom stereocenters. The van der Waals surface area contributed by atoms with Crippen LogP contribution in [0.5, 0.6) is 0 Å². The van der Waals surface area contributed by atoms with Gasteiger partial charge in [-0.1, -0.05) is 0 Å². The molecule has 0 aromatic carbocycles. The van der Waals surface area contributed by atoms with Gasteiger partial charge in [0.15, 0.2) is 0 Å². The van der Waals surface area contributed by atoms with Crippen LogP contribution in [0, 0.1) is 0 Å². The van der Waals surface area contributed by atoms with E-state index in [9.17, 15) is 9.59 Å². The van der Waals surface area contributed by atoms with Crippen molar-refractivity contribution in [2.24, 2.45) is 0 Å². The molecule has 0 unspecified atom stereocenters. The molecule has 80 valence electrons. The molecule has 1 rings (SSSR count). The average molecular weight is 201 g/mol. The van der Waals surface area contributed by atoms with Crippen LogP contribution in [0.15, 0.2) is 0 Å². The summed E-state index contributed by atoms with van der Waals surface area (Å²) < 4.78 is 5.10. The fraction of sp³-hybridized carbons (Fsp3) is 0.778. The first kappa shape index (κ1) is 11.0. The first-order chi connectivity index (χ1) is 6.56. The number of amides is 1. The fourth-order valence-corrected chi connectivity index (χ4v) is 1.76. The molecule has 0 bridgehead atoms. The lowest BCUT2D eigenvalue weighted by Gasteiger charge is -2.35. The van der Waals surface area contributed by atoms with Crippen LogP contribution in [-0.2, 0) is 14.3 Å². The van der Waals surface area contributed by atoms with Gasteiger partial charge in [-0.2, -0.15) is 0 Å². The minimum absolute atomic E-state index is 0.0494. The lowest BCUT2D eigenvalue weighted by atomic mass is 9.99. The molecule has 1 amide bonds. The second-order valence-electron chi connectivity index (χ2n) is 3.45. The van der Waals surface area contributed by atoms with Gasteiger partial charge in [0.2, 0.25) is 5.91 Å². The summed E-state index contributed by atoms with van der Waals surface area (Å²) in [5.41, 5.74) is 0. The molecular weight excluding hydrogens is 186 g/mol. The van der Waals surface area contributed by atoms with E-state index in [0.717, 1.165) is 0 Å². The number of carbonyl (C=O) groups excluding carboxylic acids is 1. The Morgan fingerprint density at radius 3 is 2.57 bits per heavy atom. The summed E-state index contributed by atoms with van der Waals surface area (Å²) >= 11 is 0. The first-order valence-corrected chi connectivity index (χ1v) is 4.59. The van der Waals surface area contributed by atoms with Gasteiger partial charge >= 0.3 is 5.97 Å². The predicted molar refractivity (Wildman–Crippen MR) is 48.8 cm³/mol. The zero-order chi connectivity index (χ0) is 10.7. The number of piperidine rings is 1. The molecule has 0 saturated carbocycles. The van der Waals surface area contributed by atoms with Crippen LogP contribution in [0.3, 0.4) is 0 Å². The summed E-state index contributed by atoms with van der Waals surface area (Å²) in [6.45, 7) is 1.86. The van der Waals surface area contributed by atoms with Crippen LogP contribution in [0.4, 0.5) is 0 Å². The SMILES string of the molecule is CO[C@@H]1CCN(C(C)=O)[C@H](C(=O)O)C1. The molecule has 1 heterocycles. The number of carboxylic acid groups (broad SMARTS) is 1. The smallest absolute Gasteiger partial charge is 0.326 e. The summed E-state index contributed by atoms with van der Waals surface area (Å²) in [6.07, 6.45) is 1.04. The highest BCUT2D eigenvalue weighted by Crippen LogP contribution is 2.19. The number of likely N-dealkylation sites (tertiary alicyclic amines) is 1. The van der Waals surface area contributed by atoms with Gasteiger partial charge in [-0.25, -0.2) is 4.79 Å². The van der Waals surface area contributed by atoms with Crippen molar-refractivity contribution in [2.75, 3.05) is 13.7 Å². The van der Waals surface area contributed by atoms with Crippen molar-refractivity contribution >= 4 is 11.9 Å². The Balaban J connectivity index is 2.70. The molecule has 14 heavy (non-hydrogen) atoms. The lowest BCUT2D eigenvalue weighted by molar-refractivity contribution is -0.154. The largest absolute Gasteiger partial charge is 0.480 e. The molecule has 5 nitrogen and oxygen atoms in total. The van der Waals surface area contributed by atoms with Crippen molar-refractivity contribution in [1.82, 2.24) is 4.90 Å². The molecule has 1 aliphatic heterocycles. The van der Waals surface area contributed by atoms with E-state index in [4.69, 9.17) is 9.84 Å². The lowest BCUT2D eigenvalue weighted by Crippen LogP contribution is -2.50.